The van der Waals surface area contributed by atoms with Crippen LogP contribution in [-0.4, -0.2) is 5.78 Å². The largest absolute Gasteiger partial charge is 0.399 e. The monoisotopic (exact) mass is 265 g/mol. The molecule has 102 valence electrons. The van der Waals surface area contributed by atoms with Crippen molar-refractivity contribution in [3.05, 3.63) is 71.3 Å². The Balaban J connectivity index is 2.08. The second kappa shape index (κ2) is 6.20. The van der Waals surface area contributed by atoms with Gasteiger partial charge in [-0.25, -0.2) is 0 Å². The van der Waals surface area contributed by atoms with Gasteiger partial charge in [-0.3, -0.25) is 4.79 Å². The zero-order chi connectivity index (χ0) is 14.5. The van der Waals surface area contributed by atoms with Gasteiger partial charge in [0.1, 0.15) is 0 Å². The number of carbonyl (C=O) groups is 1. The van der Waals surface area contributed by atoms with Crippen LogP contribution in [0.1, 0.15) is 41.3 Å². The molecule has 20 heavy (non-hydrogen) atoms. The molecule has 2 N–H and O–H groups in total. The first kappa shape index (κ1) is 14.1. The summed E-state index contributed by atoms with van der Waals surface area (Å²) < 4.78 is 0. The molecule has 0 heterocycles. The smallest absolute Gasteiger partial charge is 0.185 e. The zero-order valence-electron chi connectivity index (χ0n) is 11.8. The molecule has 0 unspecified atom stereocenters. The van der Waals surface area contributed by atoms with Crippen molar-refractivity contribution in [3.63, 3.8) is 0 Å². The van der Waals surface area contributed by atoms with E-state index in [0.29, 0.717) is 17.2 Å². The Hall–Kier alpha value is -2.35. The number of hydrogen-bond donors (Lipinski definition) is 1. The van der Waals surface area contributed by atoms with Crippen LogP contribution in [0.3, 0.4) is 0 Å². The van der Waals surface area contributed by atoms with E-state index in [1.165, 1.54) is 5.56 Å². The summed E-state index contributed by atoms with van der Waals surface area (Å²) >= 11 is 0. The first-order valence-electron chi connectivity index (χ1n) is 6.74. The van der Waals surface area contributed by atoms with Crippen molar-refractivity contribution >= 4 is 17.5 Å². The third-order valence-corrected chi connectivity index (χ3v) is 3.23. The highest BCUT2D eigenvalue weighted by atomic mass is 16.1. The van der Waals surface area contributed by atoms with E-state index in [0.717, 1.165) is 5.56 Å². The van der Waals surface area contributed by atoms with E-state index in [1.807, 2.05) is 18.2 Å². The highest BCUT2D eigenvalue weighted by Crippen LogP contribution is 2.15. The van der Waals surface area contributed by atoms with Crippen LogP contribution in [0.25, 0.3) is 6.08 Å². The minimum atomic E-state index is -0.0158. The van der Waals surface area contributed by atoms with E-state index in [-0.39, 0.29) is 5.78 Å². The van der Waals surface area contributed by atoms with Crippen LogP contribution >= 0.6 is 0 Å². The summed E-state index contributed by atoms with van der Waals surface area (Å²) in [4.78, 5) is 12.0. The summed E-state index contributed by atoms with van der Waals surface area (Å²) in [5, 5.41) is 0. The number of hydrogen-bond acceptors (Lipinski definition) is 2. The predicted octanol–water partition coefficient (Wildman–Crippen LogP) is 4.29. The molecule has 0 aromatic heterocycles. The van der Waals surface area contributed by atoms with E-state index >= 15 is 0 Å². The van der Waals surface area contributed by atoms with E-state index in [2.05, 4.69) is 26.0 Å². The van der Waals surface area contributed by atoms with Gasteiger partial charge in [0, 0.05) is 11.3 Å². The summed E-state index contributed by atoms with van der Waals surface area (Å²) in [5.74, 6) is 0.502. The molecule has 0 fully saturated rings. The van der Waals surface area contributed by atoms with Gasteiger partial charge >= 0.3 is 0 Å². The van der Waals surface area contributed by atoms with Gasteiger partial charge in [-0.05, 0) is 47.4 Å². The number of nitrogen functional groups attached to an aromatic ring is 1. The van der Waals surface area contributed by atoms with Gasteiger partial charge in [0.2, 0.25) is 0 Å². The molecule has 2 aromatic rings. The summed E-state index contributed by atoms with van der Waals surface area (Å²) in [6.45, 7) is 4.32. The molecule has 0 atom stereocenters. The molecular formula is C18H19NO. The highest BCUT2D eigenvalue weighted by molar-refractivity contribution is 6.06. The normalized spacial score (nSPS) is 11.2. The molecule has 0 saturated carbocycles. The Morgan fingerprint density at radius 2 is 1.60 bits per heavy atom. The van der Waals surface area contributed by atoms with E-state index < -0.39 is 0 Å². The topological polar surface area (TPSA) is 43.1 Å². The van der Waals surface area contributed by atoms with Crippen molar-refractivity contribution in [2.45, 2.75) is 19.8 Å². The Morgan fingerprint density at radius 1 is 1.00 bits per heavy atom. The number of benzene rings is 2. The van der Waals surface area contributed by atoms with Crippen LogP contribution in [0.15, 0.2) is 54.6 Å². The van der Waals surface area contributed by atoms with Gasteiger partial charge < -0.3 is 5.73 Å². The average molecular weight is 265 g/mol. The van der Waals surface area contributed by atoms with Gasteiger partial charge in [0.25, 0.3) is 0 Å². The van der Waals surface area contributed by atoms with Crippen molar-refractivity contribution in [1.82, 2.24) is 0 Å². The van der Waals surface area contributed by atoms with Gasteiger partial charge in [-0.2, -0.15) is 0 Å². The van der Waals surface area contributed by atoms with Crippen LogP contribution in [0.5, 0.6) is 0 Å². The van der Waals surface area contributed by atoms with Gasteiger partial charge in [-0.1, -0.05) is 44.2 Å². The Morgan fingerprint density at radius 3 is 2.15 bits per heavy atom. The quantitative estimate of drug-likeness (QED) is 0.509. The second-order valence-electron chi connectivity index (χ2n) is 5.14. The summed E-state index contributed by atoms with van der Waals surface area (Å²) in [6.07, 6.45) is 3.43. The Bertz CT molecular complexity index is 607. The minimum Gasteiger partial charge on any atom is -0.399 e. The zero-order valence-corrected chi connectivity index (χ0v) is 11.8. The predicted molar refractivity (Wildman–Crippen MR) is 84.7 cm³/mol. The lowest BCUT2D eigenvalue weighted by Gasteiger charge is -2.04. The first-order valence-corrected chi connectivity index (χ1v) is 6.74. The minimum absolute atomic E-state index is 0.0158. The van der Waals surface area contributed by atoms with Gasteiger partial charge in [-0.15, -0.1) is 0 Å². The van der Waals surface area contributed by atoms with Crippen LogP contribution < -0.4 is 5.73 Å². The van der Waals surface area contributed by atoms with Gasteiger partial charge in [0.15, 0.2) is 5.78 Å². The lowest BCUT2D eigenvalue weighted by atomic mass is 10.0. The van der Waals surface area contributed by atoms with E-state index in [4.69, 9.17) is 5.73 Å². The first-order chi connectivity index (χ1) is 9.56. The van der Waals surface area contributed by atoms with Crippen LogP contribution in [0, 0.1) is 0 Å². The SMILES string of the molecule is CC(C)c1ccc(C=CC(=O)c2ccc(N)cc2)cc1. The molecule has 0 radical (unpaired) electrons. The van der Waals surface area contributed by atoms with Crippen LogP contribution in [-0.2, 0) is 0 Å². The number of carbonyl (C=O) groups excluding carboxylic acids is 1. The van der Waals surface area contributed by atoms with Gasteiger partial charge in [0.05, 0.1) is 0 Å². The van der Waals surface area contributed by atoms with E-state index in [9.17, 15) is 4.79 Å². The van der Waals surface area contributed by atoms with Crippen molar-refractivity contribution in [1.29, 1.82) is 0 Å². The third kappa shape index (κ3) is 3.58. The van der Waals surface area contributed by atoms with Crippen LogP contribution in [0.2, 0.25) is 0 Å². The lowest BCUT2D eigenvalue weighted by Crippen LogP contribution is -1.94. The highest BCUT2D eigenvalue weighted by Gasteiger charge is 2.01. The molecule has 0 saturated heterocycles. The maximum absolute atomic E-state index is 12.0. The number of rotatable bonds is 4. The standard InChI is InChI=1S/C18H19NO/c1-13(2)15-6-3-14(4-7-15)5-12-18(20)16-8-10-17(19)11-9-16/h3-13H,19H2,1-2H3. The number of allylic oxidation sites excluding steroid dienone is 1. The van der Waals surface area contributed by atoms with Crippen LogP contribution in [0.4, 0.5) is 5.69 Å². The summed E-state index contributed by atoms with van der Waals surface area (Å²) in [7, 11) is 0. The number of nitrogens with two attached hydrogens (primary N) is 1. The maximum Gasteiger partial charge on any atom is 0.185 e. The molecule has 0 amide bonds. The molecule has 2 nitrogen and oxygen atoms in total. The Labute approximate surface area is 119 Å². The maximum atomic E-state index is 12.0. The molecule has 0 aliphatic carbocycles. The molecular weight excluding hydrogens is 246 g/mol. The fraction of sp³-hybridized carbons (Fsp3) is 0.167. The molecule has 0 spiro atoms. The van der Waals surface area contributed by atoms with Crippen molar-refractivity contribution in [2.24, 2.45) is 0 Å². The van der Waals surface area contributed by atoms with E-state index in [1.54, 1.807) is 30.3 Å². The number of anilines is 1. The molecule has 2 heteroatoms. The Kier molecular flexibility index (Phi) is 4.36. The summed E-state index contributed by atoms with van der Waals surface area (Å²) in [6, 6.07) is 15.2. The fourth-order valence-electron chi connectivity index (χ4n) is 1.91. The number of ketones is 1. The molecule has 0 aliphatic rings. The average Bonchev–Trinajstić information content (AvgIpc) is 2.46. The van der Waals surface area contributed by atoms with Crippen molar-refractivity contribution in [3.8, 4) is 0 Å². The third-order valence-electron chi connectivity index (χ3n) is 3.23. The fourth-order valence-corrected chi connectivity index (χ4v) is 1.91. The molecule has 0 aliphatic heterocycles. The second-order valence-corrected chi connectivity index (χ2v) is 5.14. The molecule has 2 rings (SSSR count). The molecule has 0 bridgehead atoms. The molecule has 2 aromatic carbocycles. The van der Waals surface area contributed by atoms with Crippen molar-refractivity contribution in [2.75, 3.05) is 5.73 Å². The van der Waals surface area contributed by atoms with Crippen molar-refractivity contribution < 1.29 is 4.79 Å². The lowest BCUT2D eigenvalue weighted by molar-refractivity contribution is 0.104. The summed E-state index contributed by atoms with van der Waals surface area (Å²) in [5.41, 5.74) is 9.23.